The molecule has 1 aromatic carbocycles. The van der Waals surface area contributed by atoms with E-state index in [4.69, 9.17) is 0 Å². The van der Waals surface area contributed by atoms with Gasteiger partial charge in [-0.15, -0.1) is 0 Å². The molecule has 1 aromatic heterocycles. The van der Waals surface area contributed by atoms with Crippen molar-refractivity contribution in [2.75, 3.05) is 11.9 Å². The molecule has 0 aliphatic rings. The lowest BCUT2D eigenvalue weighted by molar-refractivity contribution is 0.102. The molecule has 0 aliphatic carbocycles. The van der Waals surface area contributed by atoms with E-state index < -0.39 is 0 Å². The van der Waals surface area contributed by atoms with Crippen LogP contribution in [0.15, 0.2) is 36.7 Å². The number of anilines is 1. The summed E-state index contributed by atoms with van der Waals surface area (Å²) in [6.07, 6.45) is 3.07. The van der Waals surface area contributed by atoms with Crippen LogP contribution in [0.4, 0.5) is 5.69 Å². The number of carbonyl (C=O) groups is 1. The highest BCUT2D eigenvalue weighted by Gasteiger charge is 2.09. The molecule has 0 unspecified atom stereocenters. The minimum atomic E-state index is -0.160. The Kier molecular flexibility index (Phi) is 4.09. The highest BCUT2D eigenvalue weighted by Crippen LogP contribution is 2.15. The lowest BCUT2D eigenvalue weighted by Gasteiger charge is -2.10. The zero-order valence-electron chi connectivity index (χ0n) is 10.2. The molecule has 0 saturated carbocycles. The normalized spacial score (nSPS) is 10.3. The molecule has 0 radical (unpaired) electrons. The first-order valence-electron chi connectivity index (χ1n) is 5.90. The molecular weight excluding hydrogens is 228 g/mol. The van der Waals surface area contributed by atoms with Crippen LogP contribution in [0.25, 0.3) is 0 Å². The van der Waals surface area contributed by atoms with Crippen LogP contribution in [0.5, 0.6) is 0 Å². The summed E-state index contributed by atoms with van der Waals surface area (Å²) in [6, 6.07) is 7.75. The summed E-state index contributed by atoms with van der Waals surface area (Å²) < 4.78 is 0. The van der Waals surface area contributed by atoms with Gasteiger partial charge in [-0.3, -0.25) is 9.89 Å². The average Bonchev–Trinajstić information content (AvgIpc) is 2.91. The van der Waals surface area contributed by atoms with E-state index in [0.717, 1.165) is 24.3 Å². The number of H-pyrrole nitrogens is 1. The number of aromatic amines is 1. The van der Waals surface area contributed by atoms with Crippen molar-refractivity contribution in [3.63, 3.8) is 0 Å². The van der Waals surface area contributed by atoms with E-state index >= 15 is 0 Å². The molecule has 0 atom stereocenters. The molecule has 94 valence electrons. The molecule has 2 aromatic rings. The van der Waals surface area contributed by atoms with Crippen LogP contribution < -0.4 is 10.6 Å². The van der Waals surface area contributed by atoms with Crippen LogP contribution in [-0.2, 0) is 6.54 Å². The Labute approximate surface area is 106 Å². The lowest BCUT2D eigenvalue weighted by Crippen LogP contribution is -2.16. The van der Waals surface area contributed by atoms with Crippen molar-refractivity contribution in [2.45, 2.75) is 13.5 Å². The van der Waals surface area contributed by atoms with Gasteiger partial charge in [-0.2, -0.15) is 5.10 Å². The number of amides is 1. The highest BCUT2D eigenvalue weighted by molar-refractivity contribution is 6.04. The number of carbonyl (C=O) groups excluding carboxylic acids is 1. The number of aromatic nitrogens is 2. The summed E-state index contributed by atoms with van der Waals surface area (Å²) >= 11 is 0. The maximum Gasteiger partial charge on any atom is 0.258 e. The third-order valence-corrected chi connectivity index (χ3v) is 2.59. The van der Waals surface area contributed by atoms with Gasteiger partial charge in [-0.25, -0.2) is 0 Å². The predicted molar refractivity (Wildman–Crippen MR) is 70.4 cm³/mol. The fourth-order valence-electron chi connectivity index (χ4n) is 1.63. The Balaban J connectivity index is 2.11. The standard InChI is InChI=1S/C13H16N4O/c1-2-14-7-10-5-3-4-6-12(10)17-13(18)11-8-15-16-9-11/h3-6,8-9,14H,2,7H2,1H3,(H,15,16)(H,17,18). The zero-order valence-corrected chi connectivity index (χ0v) is 10.2. The summed E-state index contributed by atoms with van der Waals surface area (Å²) in [7, 11) is 0. The van der Waals surface area contributed by atoms with Gasteiger partial charge < -0.3 is 10.6 Å². The summed E-state index contributed by atoms with van der Waals surface area (Å²) in [5.41, 5.74) is 2.41. The molecule has 0 aliphatic heterocycles. The fraction of sp³-hybridized carbons (Fsp3) is 0.231. The first-order valence-corrected chi connectivity index (χ1v) is 5.90. The average molecular weight is 244 g/mol. The number of hydrogen-bond donors (Lipinski definition) is 3. The molecule has 0 saturated heterocycles. The second-order valence-electron chi connectivity index (χ2n) is 3.88. The monoisotopic (exact) mass is 244 g/mol. The third kappa shape index (κ3) is 2.95. The number of rotatable bonds is 5. The van der Waals surface area contributed by atoms with Crippen molar-refractivity contribution < 1.29 is 4.79 Å². The first kappa shape index (κ1) is 12.3. The summed E-state index contributed by atoms with van der Waals surface area (Å²) in [4.78, 5) is 11.9. The molecule has 5 nitrogen and oxygen atoms in total. The SMILES string of the molecule is CCNCc1ccccc1NC(=O)c1cn[nH]c1. The van der Waals surface area contributed by atoms with Gasteiger partial charge in [0.2, 0.25) is 0 Å². The Bertz CT molecular complexity index is 507. The number of nitrogens with one attached hydrogen (secondary N) is 3. The molecule has 1 amide bonds. The summed E-state index contributed by atoms with van der Waals surface area (Å²) in [5, 5.41) is 12.5. The van der Waals surface area contributed by atoms with Crippen molar-refractivity contribution in [1.29, 1.82) is 0 Å². The van der Waals surface area contributed by atoms with Crippen molar-refractivity contribution in [1.82, 2.24) is 15.5 Å². The Morgan fingerprint density at radius 1 is 1.39 bits per heavy atom. The molecule has 3 N–H and O–H groups in total. The van der Waals surface area contributed by atoms with Crippen LogP contribution >= 0.6 is 0 Å². The largest absolute Gasteiger partial charge is 0.322 e. The second-order valence-corrected chi connectivity index (χ2v) is 3.88. The van der Waals surface area contributed by atoms with Crippen molar-refractivity contribution in [3.8, 4) is 0 Å². The minimum Gasteiger partial charge on any atom is -0.322 e. The molecular formula is C13H16N4O. The molecule has 1 heterocycles. The Hall–Kier alpha value is -2.14. The molecule has 5 heteroatoms. The third-order valence-electron chi connectivity index (χ3n) is 2.59. The maximum atomic E-state index is 11.9. The first-order chi connectivity index (χ1) is 8.81. The molecule has 0 fully saturated rings. The number of benzene rings is 1. The van der Waals surface area contributed by atoms with E-state index in [1.54, 1.807) is 6.20 Å². The quantitative estimate of drug-likeness (QED) is 0.750. The van der Waals surface area contributed by atoms with Crippen LogP contribution in [0, 0.1) is 0 Å². The fourth-order valence-corrected chi connectivity index (χ4v) is 1.63. The second kappa shape index (κ2) is 5.97. The van der Waals surface area contributed by atoms with E-state index in [0.29, 0.717) is 5.56 Å². The van der Waals surface area contributed by atoms with Gasteiger partial charge >= 0.3 is 0 Å². The van der Waals surface area contributed by atoms with Gasteiger partial charge in [-0.05, 0) is 18.2 Å². The highest BCUT2D eigenvalue weighted by atomic mass is 16.1. The van der Waals surface area contributed by atoms with E-state index in [9.17, 15) is 4.79 Å². The van der Waals surface area contributed by atoms with Gasteiger partial charge in [-0.1, -0.05) is 25.1 Å². The smallest absolute Gasteiger partial charge is 0.258 e. The van der Waals surface area contributed by atoms with E-state index in [1.165, 1.54) is 6.20 Å². The van der Waals surface area contributed by atoms with Gasteiger partial charge in [0.1, 0.15) is 0 Å². The number of nitrogens with zero attached hydrogens (tertiary/aromatic N) is 1. The summed E-state index contributed by atoms with van der Waals surface area (Å²) in [5.74, 6) is -0.160. The molecule has 2 rings (SSSR count). The lowest BCUT2D eigenvalue weighted by atomic mass is 10.1. The molecule has 0 spiro atoms. The Morgan fingerprint density at radius 3 is 2.94 bits per heavy atom. The maximum absolute atomic E-state index is 11.9. The zero-order chi connectivity index (χ0) is 12.8. The van der Waals surface area contributed by atoms with E-state index in [-0.39, 0.29) is 5.91 Å². The van der Waals surface area contributed by atoms with Gasteiger partial charge in [0.15, 0.2) is 0 Å². The van der Waals surface area contributed by atoms with Gasteiger partial charge in [0.25, 0.3) is 5.91 Å². The van der Waals surface area contributed by atoms with Crippen LogP contribution in [0.2, 0.25) is 0 Å². The van der Waals surface area contributed by atoms with Gasteiger partial charge in [0.05, 0.1) is 11.8 Å². The van der Waals surface area contributed by atoms with Gasteiger partial charge in [0, 0.05) is 18.4 Å². The van der Waals surface area contributed by atoms with Crippen molar-refractivity contribution in [2.24, 2.45) is 0 Å². The van der Waals surface area contributed by atoms with Crippen molar-refractivity contribution >= 4 is 11.6 Å². The predicted octanol–water partition coefficient (Wildman–Crippen LogP) is 1.77. The van der Waals surface area contributed by atoms with Crippen LogP contribution in [0.1, 0.15) is 22.8 Å². The van der Waals surface area contributed by atoms with Crippen LogP contribution in [0.3, 0.4) is 0 Å². The van der Waals surface area contributed by atoms with Crippen molar-refractivity contribution in [3.05, 3.63) is 47.8 Å². The number of para-hydroxylation sites is 1. The Morgan fingerprint density at radius 2 is 2.22 bits per heavy atom. The summed E-state index contributed by atoms with van der Waals surface area (Å²) in [6.45, 7) is 3.68. The van der Waals surface area contributed by atoms with Crippen LogP contribution in [-0.4, -0.2) is 22.6 Å². The molecule has 18 heavy (non-hydrogen) atoms. The van der Waals surface area contributed by atoms with E-state index in [2.05, 4.69) is 20.8 Å². The molecule has 0 bridgehead atoms. The minimum absolute atomic E-state index is 0.160. The number of hydrogen-bond acceptors (Lipinski definition) is 3. The topological polar surface area (TPSA) is 69.8 Å². The van der Waals surface area contributed by atoms with E-state index in [1.807, 2.05) is 31.2 Å².